The number of ether oxygens (including phenoxy) is 1. The molecule has 0 atom stereocenters. The monoisotopic (exact) mass is 229 g/mol. The highest BCUT2D eigenvalue weighted by molar-refractivity contribution is 5.64. The third-order valence-electron chi connectivity index (χ3n) is 2.57. The van der Waals surface area contributed by atoms with Crippen LogP contribution < -0.4 is 5.73 Å². The largest absolute Gasteiger partial charge is 0.450 e. The Morgan fingerprint density at radius 1 is 1.00 bits per heavy atom. The average molecular weight is 229 g/mol. The van der Waals surface area contributed by atoms with Crippen LogP contribution in [-0.4, -0.2) is 12.7 Å². The second-order valence-corrected chi connectivity index (χ2v) is 5.60. The minimum absolute atomic E-state index is 0.468. The van der Waals surface area contributed by atoms with Crippen molar-refractivity contribution in [1.29, 1.82) is 0 Å². The lowest BCUT2D eigenvalue weighted by atomic mass is 9.89. The van der Waals surface area contributed by atoms with Gasteiger partial charge in [-0.05, 0) is 18.3 Å². The van der Waals surface area contributed by atoms with E-state index in [2.05, 4.69) is 25.5 Å². The molecule has 0 aliphatic heterocycles. The average Bonchev–Trinajstić information content (AvgIpc) is 2.13. The van der Waals surface area contributed by atoms with Gasteiger partial charge in [-0.3, -0.25) is 0 Å². The summed E-state index contributed by atoms with van der Waals surface area (Å²) in [6, 6.07) is 0. The molecule has 0 saturated carbocycles. The second-order valence-electron chi connectivity index (χ2n) is 5.60. The maximum atomic E-state index is 10.3. The molecule has 96 valence electrons. The molecule has 0 saturated heterocycles. The summed E-state index contributed by atoms with van der Waals surface area (Å²) in [5.41, 5.74) is 5.32. The fourth-order valence-electron chi connectivity index (χ4n) is 1.64. The van der Waals surface area contributed by atoms with Crippen LogP contribution in [0.2, 0.25) is 0 Å². The van der Waals surface area contributed by atoms with Crippen LogP contribution in [0.25, 0.3) is 0 Å². The summed E-state index contributed by atoms with van der Waals surface area (Å²) < 4.78 is 4.65. The summed E-state index contributed by atoms with van der Waals surface area (Å²) >= 11 is 0. The zero-order valence-electron chi connectivity index (χ0n) is 11.1. The van der Waals surface area contributed by atoms with Crippen LogP contribution in [0.15, 0.2) is 0 Å². The van der Waals surface area contributed by atoms with Crippen LogP contribution in [0.4, 0.5) is 4.79 Å². The van der Waals surface area contributed by atoms with Crippen LogP contribution in [0, 0.1) is 5.41 Å². The van der Waals surface area contributed by atoms with Crippen LogP contribution >= 0.6 is 0 Å². The third kappa shape index (κ3) is 13.3. The molecule has 0 aromatic rings. The molecule has 1 amide bonds. The first kappa shape index (κ1) is 15.3. The van der Waals surface area contributed by atoms with Gasteiger partial charge in [0.25, 0.3) is 0 Å². The summed E-state index contributed by atoms with van der Waals surface area (Å²) in [6.45, 7) is 7.33. The predicted octanol–water partition coefficient (Wildman–Crippen LogP) is 3.86. The van der Waals surface area contributed by atoms with E-state index in [1.54, 1.807) is 0 Å². The Balaban J connectivity index is 3.07. The molecule has 0 aliphatic carbocycles. The van der Waals surface area contributed by atoms with Gasteiger partial charge in [0.1, 0.15) is 0 Å². The third-order valence-corrected chi connectivity index (χ3v) is 2.57. The Morgan fingerprint density at radius 2 is 1.50 bits per heavy atom. The molecule has 16 heavy (non-hydrogen) atoms. The highest BCUT2D eigenvalue weighted by atomic mass is 16.5. The molecule has 2 N–H and O–H groups in total. The molecule has 0 rings (SSSR count). The van der Waals surface area contributed by atoms with Gasteiger partial charge in [0.2, 0.25) is 0 Å². The van der Waals surface area contributed by atoms with Gasteiger partial charge in [-0.1, -0.05) is 52.9 Å². The molecule has 0 aliphatic rings. The van der Waals surface area contributed by atoms with Crippen molar-refractivity contribution in [3.8, 4) is 0 Å². The molecular formula is C13H27NO2. The summed E-state index contributed by atoms with van der Waals surface area (Å²) in [5, 5.41) is 0. The first-order valence-corrected chi connectivity index (χ1v) is 6.34. The number of hydrogen-bond donors (Lipinski definition) is 1. The first-order chi connectivity index (χ1) is 7.42. The van der Waals surface area contributed by atoms with Gasteiger partial charge in [0, 0.05) is 0 Å². The van der Waals surface area contributed by atoms with E-state index >= 15 is 0 Å². The van der Waals surface area contributed by atoms with Gasteiger partial charge < -0.3 is 10.5 Å². The molecule has 0 unspecified atom stereocenters. The fourth-order valence-corrected chi connectivity index (χ4v) is 1.64. The Hall–Kier alpha value is -0.730. The van der Waals surface area contributed by atoms with Crippen molar-refractivity contribution < 1.29 is 9.53 Å². The van der Waals surface area contributed by atoms with Gasteiger partial charge in [-0.2, -0.15) is 0 Å². The lowest BCUT2D eigenvalue weighted by molar-refractivity contribution is 0.154. The summed E-state index contributed by atoms with van der Waals surface area (Å²) in [7, 11) is 0. The number of amides is 1. The number of unbranched alkanes of at least 4 members (excludes halogenated alkanes) is 5. The van der Waals surface area contributed by atoms with E-state index in [1.807, 2.05) is 0 Å². The van der Waals surface area contributed by atoms with Gasteiger partial charge >= 0.3 is 6.09 Å². The number of primary amides is 1. The molecule has 0 heterocycles. The Bertz CT molecular complexity index is 185. The molecule has 0 aromatic heterocycles. The van der Waals surface area contributed by atoms with E-state index < -0.39 is 6.09 Å². The van der Waals surface area contributed by atoms with E-state index in [9.17, 15) is 4.79 Å². The lowest BCUT2D eigenvalue weighted by Crippen LogP contribution is -2.13. The van der Waals surface area contributed by atoms with Crippen molar-refractivity contribution >= 4 is 6.09 Å². The summed E-state index contributed by atoms with van der Waals surface area (Å²) in [5.74, 6) is 0. The van der Waals surface area contributed by atoms with E-state index in [0.29, 0.717) is 12.0 Å². The van der Waals surface area contributed by atoms with E-state index in [0.717, 1.165) is 12.8 Å². The quantitative estimate of drug-likeness (QED) is 0.642. The van der Waals surface area contributed by atoms with E-state index in [1.165, 1.54) is 32.1 Å². The van der Waals surface area contributed by atoms with Crippen molar-refractivity contribution in [2.75, 3.05) is 6.61 Å². The topological polar surface area (TPSA) is 52.3 Å². The van der Waals surface area contributed by atoms with Crippen LogP contribution in [0.1, 0.15) is 65.7 Å². The van der Waals surface area contributed by atoms with Gasteiger partial charge in [0.05, 0.1) is 6.61 Å². The van der Waals surface area contributed by atoms with Gasteiger partial charge in [-0.15, -0.1) is 0 Å². The van der Waals surface area contributed by atoms with Crippen molar-refractivity contribution in [1.82, 2.24) is 0 Å². The molecule has 0 aromatic carbocycles. The van der Waals surface area contributed by atoms with E-state index in [4.69, 9.17) is 5.73 Å². The molecule has 0 bridgehead atoms. The predicted molar refractivity (Wildman–Crippen MR) is 67.3 cm³/mol. The van der Waals surface area contributed by atoms with Crippen LogP contribution in [0.3, 0.4) is 0 Å². The van der Waals surface area contributed by atoms with Crippen LogP contribution in [0.5, 0.6) is 0 Å². The lowest BCUT2D eigenvalue weighted by Gasteiger charge is -2.17. The molecule has 0 fully saturated rings. The molecular weight excluding hydrogens is 202 g/mol. The number of hydrogen-bond acceptors (Lipinski definition) is 2. The van der Waals surface area contributed by atoms with Crippen LogP contribution in [-0.2, 0) is 4.74 Å². The highest BCUT2D eigenvalue weighted by Crippen LogP contribution is 2.22. The number of nitrogens with two attached hydrogens (primary N) is 1. The normalized spacial score (nSPS) is 11.4. The Kier molecular flexibility index (Phi) is 8.04. The zero-order chi connectivity index (χ0) is 12.4. The maximum Gasteiger partial charge on any atom is 0.404 e. The highest BCUT2D eigenvalue weighted by Gasteiger charge is 2.08. The van der Waals surface area contributed by atoms with Gasteiger partial charge in [-0.25, -0.2) is 4.79 Å². The Morgan fingerprint density at radius 3 is 2.00 bits per heavy atom. The number of carbonyl (C=O) groups is 1. The maximum absolute atomic E-state index is 10.3. The molecule has 0 radical (unpaired) electrons. The van der Waals surface area contributed by atoms with Crippen molar-refractivity contribution in [2.45, 2.75) is 65.7 Å². The molecule has 0 spiro atoms. The van der Waals surface area contributed by atoms with E-state index in [-0.39, 0.29) is 0 Å². The molecule has 3 nitrogen and oxygen atoms in total. The van der Waals surface area contributed by atoms with Crippen molar-refractivity contribution in [2.24, 2.45) is 11.1 Å². The smallest absolute Gasteiger partial charge is 0.404 e. The second kappa shape index (κ2) is 8.43. The van der Waals surface area contributed by atoms with Crippen molar-refractivity contribution in [3.63, 3.8) is 0 Å². The summed E-state index contributed by atoms with van der Waals surface area (Å²) in [6.07, 6.45) is 7.85. The van der Waals surface area contributed by atoms with Crippen molar-refractivity contribution in [3.05, 3.63) is 0 Å². The molecule has 3 heteroatoms. The Labute approximate surface area is 99.7 Å². The minimum atomic E-state index is -0.662. The first-order valence-electron chi connectivity index (χ1n) is 6.34. The fraction of sp³-hybridized carbons (Fsp3) is 0.923. The minimum Gasteiger partial charge on any atom is -0.450 e. The van der Waals surface area contributed by atoms with Gasteiger partial charge in [0.15, 0.2) is 0 Å². The summed E-state index contributed by atoms with van der Waals surface area (Å²) in [4.78, 5) is 10.3. The SMILES string of the molecule is CC(C)(C)CCCCCCCCOC(N)=O. The number of rotatable bonds is 8. The standard InChI is InChI=1S/C13H27NO2/c1-13(2,3)10-8-6-4-5-7-9-11-16-12(14)15/h4-11H2,1-3H3,(H2,14,15). The zero-order valence-corrected chi connectivity index (χ0v) is 11.1. The number of carbonyl (C=O) groups excluding carboxylic acids is 1.